The second-order valence-electron chi connectivity index (χ2n) is 6.68. The van der Waals surface area contributed by atoms with E-state index in [9.17, 15) is 4.79 Å². The summed E-state index contributed by atoms with van der Waals surface area (Å²) in [6, 6.07) is 7.30. The maximum Gasteiger partial charge on any atom is 0.338 e. The zero-order valence-corrected chi connectivity index (χ0v) is 18.2. The van der Waals surface area contributed by atoms with Gasteiger partial charge in [-0.1, -0.05) is 50.7 Å². The SMILES string of the molecule is CCCOC(=O)C1=C(C)Nc2nc(SCC)nn2C1c1ccccc1OCCC. The van der Waals surface area contributed by atoms with Crippen LogP contribution in [0.25, 0.3) is 0 Å². The number of carbonyl (C=O) groups excluding carboxylic acids is 1. The third kappa shape index (κ3) is 4.58. The number of allylic oxidation sites excluding steroid dienone is 1. The number of hydrogen-bond acceptors (Lipinski definition) is 7. The number of ether oxygens (including phenoxy) is 2. The van der Waals surface area contributed by atoms with Crippen molar-refractivity contribution in [2.75, 3.05) is 24.3 Å². The topological polar surface area (TPSA) is 78.3 Å². The van der Waals surface area contributed by atoms with Crippen LogP contribution in [-0.2, 0) is 9.53 Å². The number of rotatable bonds is 9. The molecule has 1 aliphatic rings. The van der Waals surface area contributed by atoms with Gasteiger partial charge in [0.05, 0.1) is 18.8 Å². The minimum absolute atomic E-state index is 0.349. The lowest BCUT2D eigenvalue weighted by Crippen LogP contribution is -2.30. The summed E-state index contributed by atoms with van der Waals surface area (Å²) in [6.07, 6.45) is 1.66. The monoisotopic (exact) mass is 416 g/mol. The van der Waals surface area contributed by atoms with Crippen LogP contribution in [0, 0.1) is 0 Å². The fraction of sp³-hybridized carbons (Fsp3) is 0.476. The van der Waals surface area contributed by atoms with Gasteiger partial charge in [-0.05, 0) is 31.6 Å². The lowest BCUT2D eigenvalue weighted by molar-refractivity contribution is -0.139. The average Bonchev–Trinajstić information content (AvgIpc) is 3.11. The first-order valence-electron chi connectivity index (χ1n) is 10.1. The van der Waals surface area contributed by atoms with Crippen molar-refractivity contribution >= 4 is 23.7 Å². The van der Waals surface area contributed by atoms with Crippen LogP contribution in [0.15, 0.2) is 40.7 Å². The van der Waals surface area contributed by atoms with Crippen LogP contribution in [0.2, 0.25) is 0 Å². The number of esters is 1. The second kappa shape index (κ2) is 9.82. The number of fused-ring (bicyclic) bond motifs is 1. The molecule has 0 amide bonds. The van der Waals surface area contributed by atoms with Gasteiger partial charge in [0, 0.05) is 11.3 Å². The third-order valence-electron chi connectivity index (χ3n) is 4.44. The molecule has 2 heterocycles. The van der Waals surface area contributed by atoms with Crippen LogP contribution < -0.4 is 10.1 Å². The van der Waals surface area contributed by atoms with Crippen molar-refractivity contribution in [1.29, 1.82) is 0 Å². The van der Waals surface area contributed by atoms with E-state index < -0.39 is 6.04 Å². The largest absolute Gasteiger partial charge is 0.493 e. The fourth-order valence-electron chi connectivity index (χ4n) is 3.20. The molecule has 0 aliphatic carbocycles. The number of hydrogen-bond donors (Lipinski definition) is 1. The number of nitrogens with zero attached hydrogens (tertiary/aromatic N) is 3. The highest BCUT2D eigenvalue weighted by molar-refractivity contribution is 7.99. The van der Waals surface area contributed by atoms with Gasteiger partial charge in [-0.15, -0.1) is 5.10 Å². The summed E-state index contributed by atoms with van der Waals surface area (Å²) < 4.78 is 13.3. The molecule has 29 heavy (non-hydrogen) atoms. The highest BCUT2D eigenvalue weighted by Crippen LogP contribution is 2.40. The van der Waals surface area contributed by atoms with Crippen LogP contribution >= 0.6 is 11.8 Å². The minimum atomic E-state index is -0.470. The quantitative estimate of drug-likeness (QED) is 0.479. The molecule has 8 heteroatoms. The molecular weight excluding hydrogens is 388 g/mol. The molecule has 1 aromatic heterocycles. The maximum absolute atomic E-state index is 13.0. The Labute approximate surface area is 175 Å². The Balaban J connectivity index is 2.12. The Hall–Kier alpha value is -2.48. The van der Waals surface area contributed by atoms with Gasteiger partial charge in [-0.3, -0.25) is 0 Å². The molecule has 0 radical (unpaired) electrons. The van der Waals surface area contributed by atoms with Gasteiger partial charge in [-0.25, -0.2) is 9.48 Å². The van der Waals surface area contributed by atoms with E-state index in [0.29, 0.717) is 35.6 Å². The van der Waals surface area contributed by atoms with Crippen molar-refractivity contribution in [3.8, 4) is 5.75 Å². The number of anilines is 1. The Morgan fingerprint density at radius 3 is 2.69 bits per heavy atom. The molecule has 1 unspecified atom stereocenters. The first kappa shape index (κ1) is 21.2. The molecule has 0 saturated heterocycles. The number of nitrogens with one attached hydrogen (secondary N) is 1. The molecule has 3 rings (SSSR count). The molecule has 156 valence electrons. The molecule has 0 bridgehead atoms. The van der Waals surface area contributed by atoms with E-state index in [-0.39, 0.29) is 5.97 Å². The maximum atomic E-state index is 13.0. The number of thioether (sulfide) groups is 1. The van der Waals surface area contributed by atoms with Gasteiger partial charge in [0.15, 0.2) is 0 Å². The van der Waals surface area contributed by atoms with E-state index in [1.54, 1.807) is 16.4 Å². The van der Waals surface area contributed by atoms with E-state index in [2.05, 4.69) is 29.2 Å². The Morgan fingerprint density at radius 2 is 1.97 bits per heavy atom. The Morgan fingerprint density at radius 1 is 1.21 bits per heavy atom. The molecule has 1 aliphatic heterocycles. The van der Waals surface area contributed by atoms with Gasteiger partial charge < -0.3 is 14.8 Å². The molecule has 1 aromatic carbocycles. The van der Waals surface area contributed by atoms with E-state index in [0.717, 1.165) is 29.9 Å². The number of aromatic nitrogens is 3. The van der Waals surface area contributed by atoms with E-state index in [1.165, 1.54) is 0 Å². The van der Waals surface area contributed by atoms with Crippen molar-refractivity contribution in [3.05, 3.63) is 41.1 Å². The average molecular weight is 417 g/mol. The first-order chi connectivity index (χ1) is 14.1. The molecule has 0 fully saturated rings. The summed E-state index contributed by atoms with van der Waals surface area (Å²) in [5.41, 5.74) is 2.11. The molecule has 2 aromatic rings. The molecule has 0 spiro atoms. The van der Waals surface area contributed by atoms with E-state index in [4.69, 9.17) is 9.47 Å². The summed E-state index contributed by atoms with van der Waals surface area (Å²) in [5, 5.41) is 8.57. The molecule has 7 nitrogen and oxygen atoms in total. The molecule has 0 saturated carbocycles. The van der Waals surface area contributed by atoms with Gasteiger partial charge in [0.25, 0.3) is 0 Å². The fourth-order valence-corrected chi connectivity index (χ4v) is 3.75. The van der Waals surface area contributed by atoms with Crippen LogP contribution in [0.5, 0.6) is 5.75 Å². The highest BCUT2D eigenvalue weighted by Gasteiger charge is 2.36. The smallest absolute Gasteiger partial charge is 0.338 e. The highest BCUT2D eigenvalue weighted by atomic mass is 32.2. The predicted octanol–water partition coefficient (Wildman–Crippen LogP) is 4.42. The van der Waals surface area contributed by atoms with Crippen LogP contribution in [-0.4, -0.2) is 39.7 Å². The number of carbonyl (C=O) groups is 1. The van der Waals surface area contributed by atoms with Crippen molar-refractivity contribution < 1.29 is 14.3 Å². The third-order valence-corrected chi connectivity index (χ3v) is 5.16. The second-order valence-corrected chi connectivity index (χ2v) is 7.92. The van der Waals surface area contributed by atoms with Gasteiger partial charge in [-0.2, -0.15) is 4.98 Å². The van der Waals surface area contributed by atoms with Gasteiger partial charge in [0.2, 0.25) is 11.1 Å². The van der Waals surface area contributed by atoms with E-state index in [1.807, 2.05) is 38.1 Å². The summed E-state index contributed by atoms with van der Waals surface area (Å²) in [6.45, 7) is 8.94. The van der Waals surface area contributed by atoms with Gasteiger partial charge in [0.1, 0.15) is 11.8 Å². The number of benzene rings is 1. The molecule has 1 atom stereocenters. The standard InChI is InChI=1S/C21H28N4O3S/c1-5-12-27-16-11-9-8-10-15(16)18-17(19(26)28-13-6-2)14(4)22-20-23-21(29-7-3)24-25(18)20/h8-11,18H,5-7,12-13H2,1-4H3,(H,22,23,24). The van der Waals surface area contributed by atoms with Crippen molar-refractivity contribution in [1.82, 2.24) is 14.8 Å². The van der Waals surface area contributed by atoms with Crippen molar-refractivity contribution in [2.24, 2.45) is 0 Å². The normalized spacial score (nSPS) is 15.7. The molecule has 1 N–H and O–H groups in total. The summed E-state index contributed by atoms with van der Waals surface area (Å²) in [4.78, 5) is 17.6. The van der Waals surface area contributed by atoms with E-state index >= 15 is 0 Å². The zero-order chi connectivity index (χ0) is 20.8. The zero-order valence-electron chi connectivity index (χ0n) is 17.4. The summed E-state index contributed by atoms with van der Waals surface area (Å²) in [7, 11) is 0. The van der Waals surface area contributed by atoms with Crippen molar-refractivity contribution in [2.45, 2.75) is 51.7 Å². The molecular formula is C21H28N4O3S. The summed E-state index contributed by atoms with van der Waals surface area (Å²) in [5.74, 6) is 1.86. The van der Waals surface area contributed by atoms with Crippen LogP contribution in [0.4, 0.5) is 5.95 Å². The first-order valence-corrected chi connectivity index (χ1v) is 11.0. The summed E-state index contributed by atoms with van der Waals surface area (Å²) >= 11 is 1.56. The van der Waals surface area contributed by atoms with Crippen LogP contribution in [0.3, 0.4) is 0 Å². The Bertz CT molecular complexity index is 894. The lowest BCUT2D eigenvalue weighted by Gasteiger charge is -2.29. The van der Waals surface area contributed by atoms with Crippen molar-refractivity contribution in [3.63, 3.8) is 0 Å². The van der Waals surface area contributed by atoms with Crippen LogP contribution in [0.1, 0.15) is 52.1 Å². The lowest BCUT2D eigenvalue weighted by atomic mass is 9.95. The Kier molecular flexibility index (Phi) is 7.19. The van der Waals surface area contributed by atoms with Gasteiger partial charge >= 0.3 is 5.97 Å². The number of para-hydroxylation sites is 1. The predicted molar refractivity (Wildman–Crippen MR) is 114 cm³/mol. The minimum Gasteiger partial charge on any atom is -0.493 e.